The average molecular weight is 375 g/mol. The van der Waals surface area contributed by atoms with Gasteiger partial charge in [-0.25, -0.2) is 4.98 Å². The number of benzene rings is 2. The van der Waals surface area contributed by atoms with Gasteiger partial charge in [-0.15, -0.1) is 11.3 Å². The molecular formula is C22H22N4S. The summed E-state index contributed by atoms with van der Waals surface area (Å²) in [6.45, 7) is 8.66. The average Bonchev–Trinajstić information content (AvgIpc) is 3.15. The monoisotopic (exact) mass is 374 g/mol. The van der Waals surface area contributed by atoms with Crippen molar-refractivity contribution >= 4 is 43.8 Å². The van der Waals surface area contributed by atoms with Gasteiger partial charge in [0, 0.05) is 43.3 Å². The van der Waals surface area contributed by atoms with Gasteiger partial charge in [0.25, 0.3) is 0 Å². The highest BCUT2D eigenvalue weighted by Gasteiger charge is 2.22. The summed E-state index contributed by atoms with van der Waals surface area (Å²) in [7, 11) is 0. The predicted molar refractivity (Wildman–Crippen MR) is 116 cm³/mol. The zero-order valence-corrected chi connectivity index (χ0v) is 16.5. The van der Waals surface area contributed by atoms with E-state index in [9.17, 15) is 0 Å². The zero-order chi connectivity index (χ0) is 18.4. The fourth-order valence-corrected chi connectivity index (χ4v) is 4.86. The maximum atomic E-state index is 4.79. The molecule has 0 bridgehead atoms. The third-order valence-corrected chi connectivity index (χ3v) is 6.49. The standard InChI is InChI=1S/C22H22N4S/c1-3-25-9-10-26(4-2)20-13-18-15(12-19(20)25)11-16(14-23-18)22-24-17-7-5-6-8-21(17)27-22/h5-8,11-14H,3-4,9-10H2,1-2H3. The fourth-order valence-electron chi connectivity index (χ4n) is 3.91. The quantitative estimate of drug-likeness (QED) is 0.495. The number of hydrogen-bond donors (Lipinski definition) is 0. The van der Waals surface area contributed by atoms with Crippen LogP contribution in [0.15, 0.2) is 48.7 Å². The Morgan fingerprint density at radius 3 is 2.41 bits per heavy atom. The molecule has 2 aromatic heterocycles. The number of fused-ring (bicyclic) bond motifs is 3. The molecule has 2 aromatic carbocycles. The molecule has 0 saturated heterocycles. The van der Waals surface area contributed by atoms with E-state index in [0.717, 1.165) is 47.8 Å². The van der Waals surface area contributed by atoms with Gasteiger partial charge >= 0.3 is 0 Å². The highest BCUT2D eigenvalue weighted by atomic mass is 32.1. The lowest BCUT2D eigenvalue weighted by Gasteiger charge is -2.38. The van der Waals surface area contributed by atoms with Crippen LogP contribution in [0.1, 0.15) is 13.8 Å². The molecule has 3 heterocycles. The zero-order valence-electron chi connectivity index (χ0n) is 15.6. The van der Waals surface area contributed by atoms with Crippen LogP contribution in [0.25, 0.3) is 31.7 Å². The molecule has 0 saturated carbocycles. The molecule has 0 atom stereocenters. The Morgan fingerprint density at radius 1 is 0.926 bits per heavy atom. The summed E-state index contributed by atoms with van der Waals surface area (Å²) in [5, 5.41) is 2.22. The van der Waals surface area contributed by atoms with Gasteiger partial charge in [-0.2, -0.15) is 0 Å². The topological polar surface area (TPSA) is 32.3 Å². The molecular weight excluding hydrogens is 352 g/mol. The molecule has 27 heavy (non-hydrogen) atoms. The number of hydrogen-bond acceptors (Lipinski definition) is 5. The molecule has 0 unspecified atom stereocenters. The molecule has 0 fully saturated rings. The maximum Gasteiger partial charge on any atom is 0.126 e. The van der Waals surface area contributed by atoms with E-state index in [1.165, 1.54) is 21.5 Å². The van der Waals surface area contributed by atoms with Crippen LogP contribution in [-0.2, 0) is 0 Å². The van der Waals surface area contributed by atoms with Crippen LogP contribution in [0.4, 0.5) is 11.4 Å². The number of para-hydroxylation sites is 1. The van der Waals surface area contributed by atoms with Crippen molar-refractivity contribution < 1.29 is 0 Å². The Kier molecular flexibility index (Phi) is 3.97. The Hall–Kier alpha value is -2.66. The van der Waals surface area contributed by atoms with Crippen molar-refractivity contribution in [2.24, 2.45) is 0 Å². The van der Waals surface area contributed by atoms with E-state index in [1.54, 1.807) is 11.3 Å². The van der Waals surface area contributed by atoms with Crippen molar-refractivity contribution in [1.29, 1.82) is 0 Å². The number of likely N-dealkylation sites (N-methyl/N-ethyl adjacent to an activating group) is 2. The molecule has 0 radical (unpaired) electrons. The smallest absolute Gasteiger partial charge is 0.126 e. The Morgan fingerprint density at radius 2 is 1.67 bits per heavy atom. The summed E-state index contributed by atoms with van der Waals surface area (Å²) in [6.07, 6.45) is 1.96. The molecule has 136 valence electrons. The normalized spacial score (nSPS) is 14.1. The van der Waals surface area contributed by atoms with E-state index < -0.39 is 0 Å². The summed E-state index contributed by atoms with van der Waals surface area (Å²) in [4.78, 5) is 14.5. The number of anilines is 2. The number of nitrogens with zero attached hydrogens (tertiary/aromatic N) is 4. The largest absolute Gasteiger partial charge is 0.368 e. The molecule has 0 N–H and O–H groups in total. The first-order valence-corrected chi connectivity index (χ1v) is 10.4. The fraction of sp³-hybridized carbons (Fsp3) is 0.273. The summed E-state index contributed by atoms with van der Waals surface area (Å²) in [5.41, 5.74) is 5.82. The molecule has 5 heteroatoms. The molecule has 0 spiro atoms. The van der Waals surface area contributed by atoms with Crippen LogP contribution in [-0.4, -0.2) is 36.1 Å². The number of aromatic nitrogens is 2. The van der Waals surface area contributed by atoms with E-state index >= 15 is 0 Å². The first kappa shape index (κ1) is 16.5. The Labute approximate surface area is 163 Å². The van der Waals surface area contributed by atoms with Gasteiger partial charge in [-0.05, 0) is 44.2 Å². The van der Waals surface area contributed by atoms with Gasteiger partial charge in [0.05, 0.1) is 27.1 Å². The van der Waals surface area contributed by atoms with Crippen LogP contribution >= 0.6 is 11.3 Å². The Bertz CT molecular complexity index is 1100. The second-order valence-corrected chi connectivity index (χ2v) is 7.93. The SMILES string of the molecule is CCN1CCN(CC)c2cc3ncc(-c4nc5ccccc5s4)cc3cc21. The van der Waals surface area contributed by atoms with Crippen LogP contribution in [0.5, 0.6) is 0 Å². The molecule has 4 aromatic rings. The predicted octanol–water partition coefficient (Wildman–Crippen LogP) is 5.18. The second-order valence-electron chi connectivity index (χ2n) is 6.90. The number of pyridine rings is 1. The van der Waals surface area contributed by atoms with E-state index in [1.807, 2.05) is 12.3 Å². The highest BCUT2D eigenvalue weighted by molar-refractivity contribution is 7.21. The summed E-state index contributed by atoms with van der Waals surface area (Å²) < 4.78 is 1.22. The molecule has 5 rings (SSSR count). The maximum absolute atomic E-state index is 4.79. The highest BCUT2D eigenvalue weighted by Crippen LogP contribution is 2.38. The molecule has 4 nitrogen and oxygen atoms in total. The van der Waals surface area contributed by atoms with Crippen molar-refractivity contribution in [2.45, 2.75) is 13.8 Å². The minimum absolute atomic E-state index is 1.03. The van der Waals surface area contributed by atoms with E-state index in [2.05, 4.69) is 60.0 Å². The van der Waals surface area contributed by atoms with Gasteiger partial charge < -0.3 is 9.80 Å². The first-order chi connectivity index (χ1) is 13.3. The van der Waals surface area contributed by atoms with Gasteiger partial charge in [0.2, 0.25) is 0 Å². The van der Waals surface area contributed by atoms with Crippen LogP contribution in [0, 0.1) is 0 Å². The van der Waals surface area contributed by atoms with Gasteiger partial charge in [-0.3, -0.25) is 4.98 Å². The lowest BCUT2D eigenvalue weighted by molar-refractivity contribution is 0.724. The molecule has 1 aliphatic rings. The van der Waals surface area contributed by atoms with Gasteiger partial charge in [0.15, 0.2) is 0 Å². The first-order valence-electron chi connectivity index (χ1n) is 9.56. The van der Waals surface area contributed by atoms with Crippen molar-refractivity contribution in [3.8, 4) is 10.6 Å². The lowest BCUT2D eigenvalue weighted by Crippen LogP contribution is -2.40. The van der Waals surface area contributed by atoms with E-state index in [0.29, 0.717) is 0 Å². The van der Waals surface area contributed by atoms with E-state index in [4.69, 9.17) is 9.97 Å². The van der Waals surface area contributed by atoms with Crippen molar-refractivity contribution in [3.05, 3.63) is 48.7 Å². The van der Waals surface area contributed by atoms with E-state index in [-0.39, 0.29) is 0 Å². The van der Waals surface area contributed by atoms with Gasteiger partial charge in [0.1, 0.15) is 5.01 Å². The number of thiazole rings is 1. The minimum Gasteiger partial charge on any atom is -0.368 e. The summed E-state index contributed by atoms with van der Waals surface area (Å²) in [5.74, 6) is 0. The van der Waals surface area contributed by atoms with Crippen LogP contribution in [0.3, 0.4) is 0 Å². The minimum atomic E-state index is 1.03. The summed E-state index contributed by atoms with van der Waals surface area (Å²) >= 11 is 1.73. The molecule has 0 aliphatic carbocycles. The third-order valence-electron chi connectivity index (χ3n) is 5.40. The molecule has 1 aliphatic heterocycles. The lowest BCUT2D eigenvalue weighted by atomic mass is 10.1. The second kappa shape index (κ2) is 6.50. The van der Waals surface area contributed by atoms with Gasteiger partial charge in [-0.1, -0.05) is 12.1 Å². The third kappa shape index (κ3) is 2.73. The van der Waals surface area contributed by atoms with Crippen molar-refractivity contribution in [3.63, 3.8) is 0 Å². The van der Waals surface area contributed by atoms with Crippen molar-refractivity contribution in [1.82, 2.24) is 9.97 Å². The van der Waals surface area contributed by atoms with Crippen LogP contribution < -0.4 is 9.80 Å². The van der Waals surface area contributed by atoms with Crippen molar-refractivity contribution in [2.75, 3.05) is 36.0 Å². The molecule has 0 amide bonds. The number of rotatable bonds is 3. The Balaban J connectivity index is 1.65. The van der Waals surface area contributed by atoms with Crippen LogP contribution in [0.2, 0.25) is 0 Å². The summed E-state index contributed by atoms with van der Waals surface area (Å²) in [6, 6.07) is 15.1.